The molecule has 0 aliphatic carbocycles. The van der Waals surface area contributed by atoms with E-state index >= 15 is 0 Å². The van der Waals surface area contributed by atoms with Crippen LogP contribution in [0.3, 0.4) is 0 Å². The van der Waals surface area contributed by atoms with Gasteiger partial charge in [-0.2, -0.15) is 0 Å². The molecule has 1 amide bonds. The van der Waals surface area contributed by atoms with Gasteiger partial charge in [0.1, 0.15) is 5.82 Å². The Balaban J connectivity index is 1.83. The molecule has 0 unspecified atom stereocenters. The number of likely N-dealkylation sites (tertiary alicyclic amines) is 1. The molecule has 2 aliphatic heterocycles. The summed E-state index contributed by atoms with van der Waals surface area (Å²) in [6.07, 6.45) is 0. The first-order valence-electron chi connectivity index (χ1n) is 6.11. The van der Waals surface area contributed by atoms with Crippen LogP contribution in [-0.4, -0.2) is 37.0 Å². The van der Waals surface area contributed by atoms with E-state index in [4.69, 9.17) is 0 Å². The summed E-state index contributed by atoms with van der Waals surface area (Å²) in [5, 5.41) is 3.32. The van der Waals surface area contributed by atoms with E-state index in [1.165, 1.54) is 6.07 Å². The minimum Gasteiger partial charge on any atom is -0.338 e. The Morgan fingerprint density at radius 1 is 1.33 bits per heavy atom. The fourth-order valence-electron chi connectivity index (χ4n) is 2.88. The van der Waals surface area contributed by atoms with Crippen LogP contribution in [0.15, 0.2) is 22.7 Å². The van der Waals surface area contributed by atoms with Crippen molar-refractivity contribution < 1.29 is 9.18 Å². The Hall–Kier alpha value is -0.940. The second-order valence-corrected chi connectivity index (χ2v) is 5.84. The van der Waals surface area contributed by atoms with Crippen molar-refractivity contribution in [1.82, 2.24) is 10.2 Å². The summed E-state index contributed by atoms with van der Waals surface area (Å²) in [5.74, 6) is 0.401. The number of benzene rings is 1. The molecule has 1 aromatic rings. The Morgan fingerprint density at radius 3 is 2.61 bits per heavy atom. The maximum absolute atomic E-state index is 13.8. The van der Waals surface area contributed by atoms with Crippen molar-refractivity contribution in [3.8, 4) is 0 Å². The minimum absolute atomic E-state index is 0.158. The first-order chi connectivity index (χ1) is 8.66. The monoisotopic (exact) mass is 312 g/mol. The molecule has 2 aliphatic rings. The summed E-state index contributed by atoms with van der Waals surface area (Å²) in [6.45, 7) is 3.40. The van der Waals surface area contributed by atoms with Crippen molar-refractivity contribution >= 4 is 21.8 Å². The van der Waals surface area contributed by atoms with Gasteiger partial charge in [0, 0.05) is 30.7 Å². The van der Waals surface area contributed by atoms with Crippen LogP contribution in [0, 0.1) is 17.7 Å². The number of rotatable bonds is 1. The molecule has 1 aromatic carbocycles. The average Bonchev–Trinajstić information content (AvgIpc) is 2.88. The molecule has 0 radical (unpaired) electrons. The zero-order valence-electron chi connectivity index (χ0n) is 9.83. The maximum Gasteiger partial charge on any atom is 0.258 e. The SMILES string of the molecule is O=C(c1c(F)cccc1Br)N1C[C@H]2CNC[C@H]2C1. The lowest BCUT2D eigenvalue weighted by atomic mass is 10.0. The summed E-state index contributed by atoms with van der Waals surface area (Å²) in [6, 6.07) is 4.63. The molecule has 0 bridgehead atoms. The van der Waals surface area contributed by atoms with E-state index in [1.54, 1.807) is 17.0 Å². The van der Waals surface area contributed by atoms with Gasteiger partial charge in [-0.15, -0.1) is 0 Å². The van der Waals surface area contributed by atoms with Crippen molar-refractivity contribution in [3.63, 3.8) is 0 Å². The number of nitrogens with zero attached hydrogens (tertiary/aromatic N) is 1. The van der Waals surface area contributed by atoms with Crippen LogP contribution in [0.4, 0.5) is 4.39 Å². The molecule has 0 saturated carbocycles. The molecular formula is C13H14BrFN2O. The predicted molar refractivity (Wildman–Crippen MR) is 69.9 cm³/mol. The van der Waals surface area contributed by atoms with E-state index in [2.05, 4.69) is 21.2 Å². The van der Waals surface area contributed by atoms with Gasteiger partial charge in [0.2, 0.25) is 0 Å². The third kappa shape index (κ3) is 1.95. The molecular weight excluding hydrogens is 299 g/mol. The number of amides is 1. The lowest BCUT2D eigenvalue weighted by molar-refractivity contribution is 0.0776. The normalized spacial score (nSPS) is 26.4. The first-order valence-corrected chi connectivity index (χ1v) is 6.90. The predicted octanol–water partition coefficient (Wildman–Crippen LogP) is 1.88. The molecule has 18 heavy (non-hydrogen) atoms. The van der Waals surface area contributed by atoms with Gasteiger partial charge < -0.3 is 10.2 Å². The maximum atomic E-state index is 13.8. The van der Waals surface area contributed by atoms with Crippen molar-refractivity contribution in [3.05, 3.63) is 34.1 Å². The van der Waals surface area contributed by atoms with Crippen LogP contribution in [0.1, 0.15) is 10.4 Å². The third-order valence-electron chi connectivity index (χ3n) is 3.85. The zero-order chi connectivity index (χ0) is 12.7. The Kier molecular flexibility index (Phi) is 3.11. The van der Waals surface area contributed by atoms with E-state index in [9.17, 15) is 9.18 Å². The second-order valence-electron chi connectivity index (χ2n) is 4.99. The molecule has 2 fully saturated rings. The summed E-state index contributed by atoms with van der Waals surface area (Å²) in [7, 11) is 0. The van der Waals surface area contributed by atoms with Crippen LogP contribution in [0.2, 0.25) is 0 Å². The fraction of sp³-hybridized carbons (Fsp3) is 0.462. The highest BCUT2D eigenvalue weighted by Crippen LogP contribution is 2.29. The van der Waals surface area contributed by atoms with Crippen molar-refractivity contribution in [1.29, 1.82) is 0 Å². The molecule has 1 N–H and O–H groups in total. The molecule has 5 heteroatoms. The van der Waals surface area contributed by atoms with Crippen LogP contribution in [0.5, 0.6) is 0 Å². The second kappa shape index (κ2) is 4.63. The fourth-order valence-corrected chi connectivity index (χ4v) is 3.39. The van der Waals surface area contributed by atoms with Crippen LogP contribution < -0.4 is 5.32 Å². The number of hydrogen-bond donors (Lipinski definition) is 1. The highest BCUT2D eigenvalue weighted by molar-refractivity contribution is 9.10. The van der Waals surface area contributed by atoms with E-state index in [1.807, 2.05) is 0 Å². The highest BCUT2D eigenvalue weighted by Gasteiger charge is 2.39. The quantitative estimate of drug-likeness (QED) is 0.859. The van der Waals surface area contributed by atoms with Gasteiger partial charge in [0.05, 0.1) is 5.56 Å². The molecule has 0 aromatic heterocycles. The summed E-state index contributed by atoms with van der Waals surface area (Å²) in [5.41, 5.74) is 0.158. The number of carbonyl (C=O) groups is 1. The minimum atomic E-state index is -0.454. The number of halogens is 2. The van der Waals surface area contributed by atoms with Crippen molar-refractivity contribution in [2.24, 2.45) is 11.8 Å². The summed E-state index contributed by atoms with van der Waals surface area (Å²) >= 11 is 3.26. The van der Waals surface area contributed by atoms with E-state index < -0.39 is 5.82 Å². The molecule has 2 atom stereocenters. The smallest absolute Gasteiger partial charge is 0.258 e. The zero-order valence-corrected chi connectivity index (χ0v) is 11.4. The van der Waals surface area contributed by atoms with E-state index in [-0.39, 0.29) is 11.5 Å². The van der Waals surface area contributed by atoms with Gasteiger partial charge in [-0.25, -0.2) is 4.39 Å². The van der Waals surface area contributed by atoms with Crippen LogP contribution in [0.25, 0.3) is 0 Å². The van der Waals surface area contributed by atoms with Gasteiger partial charge in [0.25, 0.3) is 5.91 Å². The summed E-state index contributed by atoms with van der Waals surface area (Å²) < 4.78 is 14.3. The van der Waals surface area contributed by atoms with Crippen molar-refractivity contribution in [2.75, 3.05) is 26.2 Å². The molecule has 96 valence electrons. The van der Waals surface area contributed by atoms with Crippen molar-refractivity contribution in [2.45, 2.75) is 0 Å². The Labute approximate surface area is 113 Å². The highest BCUT2D eigenvalue weighted by atomic mass is 79.9. The lowest BCUT2D eigenvalue weighted by Crippen LogP contribution is -2.32. The molecule has 3 rings (SSSR count). The van der Waals surface area contributed by atoms with Crippen LogP contribution >= 0.6 is 15.9 Å². The first kappa shape index (κ1) is 12.1. The number of nitrogens with one attached hydrogen (secondary N) is 1. The molecule has 2 saturated heterocycles. The van der Waals surface area contributed by atoms with Crippen LogP contribution in [-0.2, 0) is 0 Å². The molecule has 2 heterocycles. The number of fused-ring (bicyclic) bond motifs is 1. The molecule has 0 spiro atoms. The summed E-state index contributed by atoms with van der Waals surface area (Å²) in [4.78, 5) is 14.1. The number of hydrogen-bond acceptors (Lipinski definition) is 2. The largest absolute Gasteiger partial charge is 0.338 e. The standard InChI is InChI=1S/C13H14BrFN2O/c14-10-2-1-3-11(15)12(10)13(18)17-6-8-4-16-5-9(8)7-17/h1-3,8-9,16H,4-7H2/t8-,9+. The van der Waals surface area contributed by atoms with Gasteiger partial charge >= 0.3 is 0 Å². The topological polar surface area (TPSA) is 32.3 Å². The third-order valence-corrected chi connectivity index (χ3v) is 4.51. The average molecular weight is 313 g/mol. The Bertz CT molecular complexity index is 462. The molecule has 3 nitrogen and oxygen atoms in total. The van der Waals surface area contributed by atoms with E-state index in [0.29, 0.717) is 16.3 Å². The van der Waals surface area contributed by atoms with Gasteiger partial charge in [-0.05, 0) is 39.9 Å². The lowest BCUT2D eigenvalue weighted by Gasteiger charge is -2.18. The van der Waals surface area contributed by atoms with Gasteiger partial charge in [-0.1, -0.05) is 6.07 Å². The van der Waals surface area contributed by atoms with Gasteiger partial charge in [0.15, 0.2) is 0 Å². The number of carbonyl (C=O) groups excluding carboxylic acids is 1. The Morgan fingerprint density at radius 2 is 2.00 bits per heavy atom. The van der Waals surface area contributed by atoms with E-state index in [0.717, 1.165) is 26.2 Å². The van der Waals surface area contributed by atoms with Gasteiger partial charge in [-0.3, -0.25) is 4.79 Å².